The topological polar surface area (TPSA) is 51.2 Å². The molecule has 1 aliphatic carbocycles. The Bertz CT molecular complexity index is 651. The minimum absolute atomic E-state index is 0.0638. The first-order valence-electron chi connectivity index (χ1n) is 7.58. The lowest BCUT2D eigenvalue weighted by Crippen LogP contribution is -2.49. The molecule has 1 aromatic heterocycles. The van der Waals surface area contributed by atoms with Gasteiger partial charge < -0.3 is 10.1 Å². The number of hydrogen-bond donors (Lipinski definition) is 1. The summed E-state index contributed by atoms with van der Waals surface area (Å²) in [5.74, 6) is 0.851. The highest BCUT2D eigenvalue weighted by Crippen LogP contribution is 2.47. The van der Waals surface area contributed by atoms with Crippen molar-refractivity contribution in [2.45, 2.75) is 31.2 Å². The lowest BCUT2D eigenvalue weighted by molar-refractivity contribution is -0.130. The molecule has 0 atom stereocenters. The monoisotopic (exact) mass is 296 g/mol. The molecule has 1 aromatic carbocycles. The van der Waals surface area contributed by atoms with Crippen LogP contribution in [0.5, 0.6) is 5.75 Å². The van der Waals surface area contributed by atoms with Gasteiger partial charge in [0.1, 0.15) is 5.75 Å². The Morgan fingerprint density at radius 1 is 1.23 bits per heavy atom. The Labute approximate surface area is 130 Å². The van der Waals surface area contributed by atoms with Gasteiger partial charge in [-0.3, -0.25) is 9.78 Å². The average molecular weight is 296 g/mol. The number of rotatable bonds is 5. The van der Waals surface area contributed by atoms with Gasteiger partial charge in [-0.15, -0.1) is 0 Å². The zero-order valence-electron chi connectivity index (χ0n) is 12.7. The molecule has 1 amide bonds. The van der Waals surface area contributed by atoms with Crippen LogP contribution in [0.4, 0.5) is 0 Å². The molecule has 0 aliphatic heterocycles. The van der Waals surface area contributed by atoms with Gasteiger partial charge in [-0.1, -0.05) is 30.7 Å². The Kier molecular flexibility index (Phi) is 4.09. The number of carbonyl (C=O) groups excluding carboxylic acids is 1. The van der Waals surface area contributed by atoms with Crippen LogP contribution in [0, 0.1) is 0 Å². The lowest BCUT2D eigenvalue weighted by atomic mass is 9.63. The third-order valence-corrected chi connectivity index (χ3v) is 4.42. The van der Waals surface area contributed by atoms with E-state index < -0.39 is 5.41 Å². The van der Waals surface area contributed by atoms with Crippen molar-refractivity contribution in [3.63, 3.8) is 0 Å². The van der Waals surface area contributed by atoms with Crippen molar-refractivity contribution in [3.8, 4) is 5.75 Å². The van der Waals surface area contributed by atoms with E-state index in [0.29, 0.717) is 6.54 Å². The predicted molar refractivity (Wildman–Crippen MR) is 84.6 cm³/mol. The maximum atomic E-state index is 12.8. The van der Waals surface area contributed by atoms with Crippen LogP contribution < -0.4 is 10.1 Å². The van der Waals surface area contributed by atoms with Crippen molar-refractivity contribution in [2.75, 3.05) is 7.11 Å². The highest BCUT2D eigenvalue weighted by Gasteiger charge is 2.47. The van der Waals surface area contributed by atoms with Gasteiger partial charge in [0.25, 0.3) is 0 Å². The number of hydrogen-bond acceptors (Lipinski definition) is 3. The van der Waals surface area contributed by atoms with Gasteiger partial charge in [0, 0.05) is 11.8 Å². The van der Waals surface area contributed by atoms with E-state index in [9.17, 15) is 4.79 Å². The molecule has 0 bridgehead atoms. The number of methoxy groups -OCH3 is 1. The molecule has 1 fully saturated rings. The molecule has 0 saturated heterocycles. The molecular weight excluding hydrogens is 276 g/mol. The molecule has 22 heavy (non-hydrogen) atoms. The molecule has 0 radical (unpaired) electrons. The minimum atomic E-state index is -0.457. The summed E-state index contributed by atoms with van der Waals surface area (Å²) in [4.78, 5) is 17.0. The summed E-state index contributed by atoms with van der Waals surface area (Å²) in [7, 11) is 1.65. The second-order valence-corrected chi connectivity index (χ2v) is 5.64. The predicted octanol–water partition coefficient (Wildman–Crippen LogP) is 2.83. The third-order valence-electron chi connectivity index (χ3n) is 4.42. The molecule has 1 aliphatic rings. The quantitative estimate of drug-likeness (QED) is 0.923. The van der Waals surface area contributed by atoms with Crippen molar-refractivity contribution in [1.82, 2.24) is 10.3 Å². The van der Waals surface area contributed by atoms with Crippen molar-refractivity contribution < 1.29 is 9.53 Å². The molecule has 0 spiro atoms. The fourth-order valence-electron chi connectivity index (χ4n) is 3.03. The highest BCUT2D eigenvalue weighted by atomic mass is 16.5. The molecule has 114 valence electrons. The van der Waals surface area contributed by atoms with Gasteiger partial charge in [-0.25, -0.2) is 0 Å². The van der Waals surface area contributed by atoms with Gasteiger partial charge in [0.05, 0.1) is 24.8 Å². The van der Waals surface area contributed by atoms with E-state index in [0.717, 1.165) is 36.3 Å². The van der Waals surface area contributed by atoms with Crippen LogP contribution in [0.15, 0.2) is 48.7 Å². The fraction of sp³-hybridized carbons (Fsp3) is 0.333. The standard InChI is InChI=1S/C18H20N2O2/c1-22-16-9-3-2-8-15(16)18(10-6-11-18)17(21)20-13-14-7-4-5-12-19-14/h2-5,7-9,12H,6,10-11,13H2,1H3,(H,20,21). The maximum Gasteiger partial charge on any atom is 0.231 e. The van der Waals surface area contributed by atoms with Gasteiger partial charge >= 0.3 is 0 Å². The number of amides is 1. The zero-order chi connectivity index (χ0) is 15.4. The third kappa shape index (κ3) is 2.56. The Morgan fingerprint density at radius 3 is 2.64 bits per heavy atom. The number of pyridine rings is 1. The number of benzene rings is 1. The molecule has 4 nitrogen and oxygen atoms in total. The molecule has 1 saturated carbocycles. The van der Waals surface area contributed by atoms with E-state index in [4.69, 9.17) is 4.74 Å². The summed E-state index contributed by atoms with van der Waals surface area (Å²) in [5.41, 5.74) is 1.40. The van der Waals surface area contributed by atoms with E-state index in [2.05, 4.69) is 10.3 Å². The first-order valence-corrected chi connectivity index (χ1v) is 7.58. The first kappa shape index (κ1) is 14.6. The number of para-hydroxylation sites is 1. The first-order chi connectivity index (χ1) is 10.8. The fourth-order valence-corrected chi connectivity index (χ4v) is 3.03. The molecular formula is C18H20N2O2. The van der Waals surface area contributed by atoms with Crippen LogP contribution in [0.2, 0.25) is 0 Å². The van der Waals surface area contributed by atoms with Gasteiger partial charge in [-0.2, -0.15) is 0 Å². The van der Waals surface area contributed by atoms with Gasteiger partial charge in [-0.05, 0) is 31.0 Å². The average Bonchev–Trinajstić information content (AvgIpc) is 2.53. The molecule has 3 rings (SSSR count). The van der Waals surface area contributed by atoms with Crippen molar-refractivity contribution >= 4 is 5.91 Å². The van der Waals surface area contributed by atoms with E-state index >= 15 is 0 Å². The summed E-state index contributed by atoms with van der Waals surface area (Å²) >= 11 is 0. The van der Waals surface area contributed by atoms with E-state index in [-0.39, 0.29) is 5.91 Å². The van der Waals surface area contributed by atoms with Crippen LogP contribution in [0.1, 0.15) is 30.5 Å². The minimum Gasteiger partial charge on any atom is -0.496 e. The van der Waals surface area contributed by atoms with E-state index in [1.54, 1.807) is 13.3 Å². The van der Waals surface area contributed by atoms with Crippen molar-refractivity contribution in [3.05, 3.63) is 59.9 Å². The van der Waals surface area contributed by atoms with E-state index in [1.165, 1.54) is 0 Å². The van der Waals surface area contributed by atoms with Crippen LogP contribution in [-0.4, -0.2) is 18.0 Å². The van der Waals surface area contributed by atoms with Crippen LogP contribution in [0.25, 0.3) is 0 Å². The molecule has 1 heterocycles. The molecule has 1 N–H and O–H groups in total. The number of nitrogens with one attached hydrogen (secondary N) is 1. The normalized spacial score (nSPS) is 15.7. The Morgan fingerprint density at radius 2 is 2.00 bits per heavy atom. The smallest absolute Gasteiger partial charge is 0.231 e. The highest BCUT2D eigenvalue weighted by molar-refractivity contribution is 5.90. The second kappa shape index (κ2) is 6.18. The number of nitrogens with zero attached hydrogens (tertiary/aromatic N) is 1. The maximum absolute atomic E-state index is 12.8. The number of aromatic nitrogens is 1. The Balaban J connectivity index is 1.79. The second-order valence-electron chi connectivity index (χ2n) is 5.64. The van der Waals surface area contributed by atoms with Crippen molar-refractivity contribution in [1.29, 1.82) is 0 Å². The molecule has 2 aromatic rings. The van der Waals surface area contributed by atoms with Crippen LogP contribution >= 0.6 is 0 Å². The summed E-state index contributed by atoms with van der Waals surface area (Å²) in [6.45, 7) is 0.455. The van der Waals surface area contributed by atoms with Gasteiger partial charge in [0.2, 0.25) is 5.91 Å². The van der Waals surface area contributed by atoms with Crippen LogP contribution in [0.3, 0.4) is 0 Å². The summed E-state index contributed by atoms with van der Waals surface area (Å²) in [5, 5.41) is 3.03. The number of ether oxygens (including phenoxy) is 1. The Hall–Kier alpha value is -2.36. The SMILES string of the molecule is COc1ccccc1C1(C(=O)NCc2ccccn2)CCC1. The largest absolute Gasteiger partial charge is 0.496 e. The molecule has 4 heteroatoms. The zero-order valence-corrected chi connectivity index (χ0v) is 12.7. The van der Waals surface area contributed by atoms with Gasteiger partial charge in [0.15, 0.2) is 0 Å². The molecule has 0 unspecified atom stereocenters. The summed E-state index contributed by atoms with van der Waals surface area (Å²) in [6.07, 6.45) is 4.53. The van der Waals surface area contributed by atoms with Crippen LogP contribution in [-0.2, 0) is 16.8 Å². The summed E-state index contributed by atoms with van der Waals surface area (Å²) < 4.78 is 5.45. The number of carbonyl (C=O) groups is 1. The lowest BCUT2D eigenvalue weighted by Gasteiger charge is -2.41. The van der Waals surface area contributed by atoms with Crippen molar-refractivity contribution in [2.24, 2.45) is 0 Å². The summed E-state index contributed by atoms with van der Waals surface area (Å²) in [6, 6.07) is 13.5. The van der Waals surface area contributed by atoms with E-state index in [1.807, 2.05) is 42.5 Å².